The number of guanidine groups is 1. The second-order valence-electron chi connectivity index (χ2n) is 7.08. The van der Waals surface area contributed by atoms with E-state index in [0.29, 0.717) is 24.9 Å². The number of nitrogens with one attached hydrogen (secondary N) is 1. The van der Waals surface area contributed by atoms with Crippen molar-refractivity contribution in [3.63, 3.8) is 0 Å². The first-order valence-corrected chi connectivity index (χ1v) is 10.7. The molecule has 0 radical (unpaired) electrons. The second kappa shape index (κ2) is 10.2. The Morgan fingerprint density at radius 3 is 2.29 bits per heavy atom. The van der Waals surface area contributed by atoms with Crippen LogP contribution in [0.5, 0.6) is 0 Å². The average molecular weight is 472 g/mol. The highest BCUT2D eigenvalue weighted by atomic mass is 127. The fourth-order valence-electron chi connectivity index (χ4n) is 3.53. The molecule has 2 unspecified atom stereocenters. The molecule has 0 aromatic heterocycles. The molecular weight excluding hydrogens is 439 g/mol. The van der Waals surface area contributed by atoms with E-state index in [1.165, 1.54) is 6.42 Å². The summed E-state index contributed by atoms with van der Waals surface area (Å²) in [7, 11) is -2.79. The minimum atomic E-state index is -2.79. The number of hydrogen-bond acceptors (Lipinski definition) is 4. The molecule has 2 fully saturated rings. The van der Waals surface area contributed by atoms with Gasteiger partial charge in [-0.3, -0.25) is 9.89 Å². The summed E-state index contributed by atoms with van der Waals surface area (Å²) in [6, 6.07) is 0. The summed E-state index contributed by atoms with van der Waals surface area (Å²) in [6.45, 7) is 12.6. The number of hydrogen-bond donors (Lipinski definition) is 1. The second-order valence-corrected chi connectivity index (χ2v) is 9.38. The lowest BCUT2D eigenvalue weighted by atomic mass is 9.92. The van der Waals surface area contributed by atoms with E-state index in [4.69, 9.17) is 4.99 Å². The molecule has 8 heteroatoms. The first-order chi connectivity index (χ1) is 10.9. The van der Waals surface area contributed by atoms with Crippen molar-refractivity contribution in [2.75, 3.05) is 57.3 Å². The van der Waals surface area contributed by atoms with Crippen LogP contribution in [0.4, 0.5) is 0 Å². The van der Waals surface area contributed by atoms with Crippen LogP contribution in [-0.4, -0.2) is 81.5 Å². The van der Waals surface area contributed by atoms with Gasteiger partial charge in [-0.1, -0.05) is 13.8 Å². The van der Waals surface area contributed by atoms with Crippen molar-refractivity contribution < 1.29 is 8.42 Å². The Kier molecular flexibility index (Phi) is 9.29. The Hall–Kier alpha value is -0.0900. The number of sulfone groups is 1. The molecule has 0 saturated carbocycles. The molecule has 0 bridgehead atoms. The molecule has 2 aliphatic rings. The molecule has 0 aliphatic carbocycles. The Labute approximate surface area is 164 Å². The van der Waals surface area contributed by atoms with Crippen molar-refractivity contribution in [3.8, 4) is 0 Å². The van der Waals surface area contributed by atoms with Crippen LogP contribution in [0, 0.1) is 11.8 Å². The Morgan fingerprint density at radius 1 is 1.17 bits per heavy atom. The number of rotatable bonds is 4. The summed E-state index contributed by atoms with van der Waals surface area (Å²) < 4.78 is 22.9. The lowest BCUT2D eigenvalue weighted by Crippen LogP contribution is -2.49. The molecule has 142 valence electrons. The highest BCUT2D eigenvalue weighted by molar-refractivity contribution is 14.0. The molecule has 6 nitrogen and oxygen atoms in total. The third kappa shape index (κ3) is 7.03. The van der Waals surface area contributed by atoms with Crippen LogP contribution in [0.1, 0.15) is 27.2 Å². The summed E-state index contributed by atoms with van der Waals surface area (Å²) in [6.07, 6.45) is 1.29. The van der Waals surface area contributed by atoms with Gasteiger partial charge in [0.2, 0.25) is 0 Å². The predicted molar refractivity (Wildman–Crippen MR) is 111 cm³/mol. The zero-order valence-corrected chi connectivity index (χ0v) is 18.3. The minimum Gasteiger partial charge on any atom is -0.357 e. The minimum absolute atomic E-state index is 0. The molecule has 2 saturated heterocycles. The number of halogens is 1. The third-order valence-corrected chi connectivity index (χ3v) is 6.23. The number of likely N-dealkylation sites (tertiary alicyclic amines) is 1. The first-order valence-electron chi connectivity index (χ1n) is 8.85. The Morgan fingerprint density at radius 2 is 1.75 bits per heavy atom. The van der Waals surface area contributed by atoms with E-state index in [1.54, 1.807) is 0 Å². The molecule has 2 heterocycles. The predicted octanol–water partition coefficient (Wildman–Crippen LogP) is 1.28. The van der Waals surface area contributed by atoms with Crippen molar-refractivity contribution in [2.45, 2.75) is 27.2 Å². The van der Waals surface area contributed by atoms with Gasteiger partial charge >= 0.3 is 0 Å². The van der Waals surface area contributed by atoms with Crippen molar-refractivity contribution >= 4 is 39.8 Å². The van der Waals surface area contributed by atoms with E-state index in [9.17, 15) is 8.42 Å². The molecule has 0 spiro atoms. The van der Waals surface area contributed by atoms with Gasteiger partial charge < -0.3 is 10.2 Å². The van der Waals surface area contributed by atoms with Crippen LogP contribution in [-0.2, 0) is 9.84 Å². The van der Waals surface area contributed by atoms with Crippen LogP contribution in [0.3, 0.4) is 0 Å². The molecule has 0 aromatic rings. The van der Waals surface area contributed by atoms with Gasteiger partial charge in [0.15, 0.2) is 15.8 Å². The summed E-state index contributed by atoms with van der Waals surface area (Å²) in [5.41, 5.74) is 0. The Bertz CT molecular complexity index is 488. The van der Waals surface area contributed by atoms with E-state index < -0.39 is 9.84 Å². The van der Waals surface area contributed by atoms with Crippen LogP contribution < -0.4 is 5.32 Å². The van der Waals surface area contributed by atoms with Crippen LogP contribution in [0.15, 0.2) is 4.99 Å². The van der Waals surface area contributed by atoms with Gasteiger partial charge in [-0.2, -0.15) is 0 Å². The molecule has 0 aromatic carbocycles. The molecule has 0 amide bonds. The maximum Gasteiger partial charge on any atom is 0.193 e. The number of aliphatic imine (C=N–C) groups is 1. The van der Waals surface area contributed by atoms with Gasteiger partial charge in [0.05, 0.1) is 18.1 Å². The number of piperidine rings is 1. The van der Waals surface area contributed by atoms with Crippen molar-refractivity contribution in [1.29, 1.82) is 0 Å². The van der Waals surface area contributed by atoms with Crippen LogP contribution in [0.25, 0.3) is 0 Å². The van der Waals surface area contributed by atoms with Crippen molar-refractivity contribution in [2.24, 2.45) is 16.8 Å². The maximum atomic E-state index is 11.5. The van der Waals surface area contributed by atoms with E-state index in [1.807, 2.05) is 0 Å². The van der Waals surface area contributed by atoms with E-state index >= 15 is 0 Å². The maximum absolute atomic E-state index is 11.5. The van der Waals surface area contributed by atoms with E-state index in [-0.39, 0.29) is 35.5 Å². The summed E-state index contributed by atoms with van der Waals surface area (Å²) in [4.78, 5) is 9.36. The first kappa shape index (κ1) is 22.0. The summed E-state index contributed by atoms with van der Waals surface area (Å²) in [5, 5.41) is 3.41. The molecule has 2 aliphatic heterocycles. The summed E-state index contributed by atoms with van der Waals surface area (Å²) in [5.74, 6) is 3.00. The van der Waals surface area contributed by atoms with Gasteiger partial charge in [0.25, 0.3) is 0 Å². The van der Waals surface area contributed by atoms with Gasteiger partial charge in [0, 0.05) is 39.3 Å². The molecule has 1 N–H and O–H groups in total. The smallest absolute Gasteiger partial charge is 0.193 e. The fraction of sp³-hybridized carbons (Fsp3) is 0.938. The van der Waals surface area contributed by atoms with Gasteiger partial charge in [-0.05, 0) is 25.2 Å². The highest BCUT2D eigenvalue weighted by Crippen LogP contribution is 2.20. The third-order valence-electron chi connectivity index (χ3n) is 4.62. The average Bonchev–Trinajstić information content (AvgIpc) is 2.47. The molecule has 2 rings (SSSR count). The molecular formula is C16H33IN4O2S. The Balaban J connectivity index is 0.00000288. The lowest BCUT2D eigenvalue weighted by molar-refractivity contribution is 0.208. The van der Waals surface area contributed by atoms with E-state index in [0.717, 1.165) is 38.7 Å². The quantitative estimate of drug-likeness (QED) is 0.380. The number of nitrogens with zero attached hydrogens (tertiary/aromatic N) is 3. The van der Waals surface area contributed by atoms with Crippen molar-refractivity contribution in [3.05, 3.63) is 0 Å². The normalized spacial score (nSPS) is 28.3. The van der Waals surface area contributed by atoms with Crippen LogP contribution >= 0.6 is 24.0 Å². The summed E-state index contributed by atoms with van der Waals surface area (Å²) >= 11 is 0. The standard InChI is InChI=1S/C16H32N4O2S.HI/c1-4-17-16(20-12-14(2)11-15(3)13-20)18-5-6-19-7-9-23(21,22)10-8-19;/h14-15H,4-13H2,1-3H3,(H,17,18);1H. The fourth-order valence-corrected chi connectivity index (χ4v) is 4.81. The largest absolute Gasteiger partial charge is 0.357 e. The highest BCUT2D eigenvalue weighted by Gasteiger charge is 2.24. The van der Waals surface area contributed by atoms with Gasteiger partial charge in [-0.15, -0.1) is 24.0 Å². The topological polar surface area (TPSA) is 65.0 Å². The van der Waals surface area contributed by atoms with Crippen molar-refractivity contribution in [1.82, 2.24) is 15.1 Å². The monoisotopic (exact) mass is 472 g/mol. The zero-order valence-electron chi connectivity index (χ0n) is 15.2. The van der Waals surface area contributed by atoms with E-state index in [2.05, 4.69) is 35.9 Å². The SMILES string of the molecule is CCNC(=NCCN1CCS(=O)(=O)CC1)N1CC(C)CC(C)C1.I. The lowest BCUT2D eigenvalue weighted by Gasteiger charge is -2.37. The molecule has 24 heavy (non-hydrogen) atoms. The molecule has 2 atom stereocenters. The van der Waals surface area contributed by atoms with Gasteiger partial charge in [-0.25, -0.2) is 8.42 Å². The zero-order chi connectivity index (χ0) is 16.9. The van der Waals surface area contributed by atoms with Gasteiger partial charge in [0.1, 0.15) is 0 Å². The van der Waals surface area contributed by atoms with Crippen LogP contribution in [0.2, 0.25) is 0 Å².